The first-order chi connectivity index (χ1) is 19.7. The second kappa shape index (κ2) is 14.6. The van der Waals surface area contributed by atoms with Crippen molar-refractivity contribution in [3.05, 3.63) is 81.8 Å². The maximum absolute atomic E-state index is 15.1. The van der Waals surface area contributed by atoms with Crippen molar-refractivity contribution in [2.75, 3.05) is 19.5 Å². The molecule has 7 N–H and O–H groups in total. The lowest BCUT2D eigenvalue weighted by molar-refractivity contribution is -0.192. The fraction of sp³-hybridized carbons (Fsp3) is 0.160. The maximum Gasteiger partial charge on any atom is 0.490 e. The topological polar surface area (TPSA) is 189 Å². The highest BCUT2D eigenvalue weighted by atomic mass is 79.9. The van der Waals surface area contributed by atoms with Crippen molar-refractivity contribution in [2.24, 2.45) is 5.73 Å². The van der Waals surface area contributed by atoms with Crippen LogP contribution in [0.15, 0.2) is 59.3 Å². The van der Waals surface area contributed by atoms with E-state index >= 15 is 4.39 Å². The zero-order valence-electron chi connectivity index (χ0n) is 21.7. The summed E-state index contributed by atoms with van der Waals surface area (Å²) in [5.74, 6) is -4.63. The summed E-state index contributed by atoms with van der Waals surface area (Å²) in [6.07, 6.45) is -2.22. The van der Waals surface area contributed by atoms with Crippen molar-refractivity contribution >= 4 is 45.2 Å². The summed E-state index contributed by atoms with van der Waals surface area (Å²) in [4.78, 5) is 38.4. The molecule has 1 aromatic heterocycles. The van der Waals surface area contributed by atoms with Gasteiger partial charge in [-0.3, -0.25) is 30.8 Å². The van der Waals surface area contributed by atoms with Crippen LogP contribution in [0.1, 0.15) is 27.5 Å². The predicted octanol–water partition coefficient (Wildman–Crippen LogP) is 3.53. The molecule has 0 fully saturated rings. The van der Waals surface area contributed by atoms with Crippen molar-refractivity contribution in [3.8, 4) is 11.5 Å². The molecule has 0 aliphatic carbocycles. The van der Waals surface area contributed by atoms with E-state index in [0.717, 1.165) is 6.07 Å². The minimum atomic E-state index is -5.08. The Bertz CT molecular complexity index is 1460. The highest BCUT2D eigenvalue weighted by Crippen LogP contribution is 2.34. The molecule has 0 radical (unpaired) electrons. The van der Waals surface area contributed by atoms with Crippen LogP contribution >= 0.6 is 15.9 Å². The van der Waals surface area contributed by atoms with E-state index in [9.17, 15) is 22.8 Å². The zero-order chi connectivity index (χ0) is 31.6. The smallest absolute Gasteiger partial charge is 0.490 e. The molecule has 1 unspecified atom stereocenters. The number of nitrogens with one attached hydrogen (secondary N) is 4. The number of aromatic nitrogens is 1. The van der Waals surface area contributed by atoms with Crippen LogP contribution < -0.4 is 31.4 Å². The third-order valence-corrected chi connectivity index (χ3v) is 5.77. The summed E-state index contributed by atoms with van der Waals surface area (Å²) in [6, 6.07) is 8.93. The van der Waals surface area contributed by atoms with Gasteiger partial charge >= 0.3 is 12.1 Å². The number of methoxy groups -OCH3 is 2. The molecule has 3 aromatic rings. The third kappa shape index (κ3) is 9.05. The van der Waals surface area contributed by atoms with Gasteiger partial charge in [0, 0.05) is 39.7 Å². The van der Waals surface area contributed by atoms with Crippen LogP contribution in [0.5, 0.6) is 11.5 Å². The Morgan fingerprint density at radius 3 is 2.12 bits per heavy atom. The molecule has 0 aliphatic rings. The van der Waals surface area contributed by atoms with Crippen LogP contribution in [0.4, 0.5) is 23.2 Å². The number of carbonyl (C=O) groups is 3. The lowest BCUT2D eigenvalue weighted by Crippen LogP contribution is -2.45. The van der Waals surface area contributed by atoms with Gasteiger partial charge in [0.05, 0.1) is 19.8 Å². The van der Waals surface area contributed by atoms with Crippen LogP contribution in [0.25, 0.3) is 0 Å². The van der Waals surface area contributed by atoms with E-state index < -0.39 is 35.8 Å². The Morgan fingerprint density at radius 2 is 1.62 bits per heavy atom. The van der Waals surface area contributed by atoms with Gasteiger partial charge in [0.25, 0.3) is 11.8 Å². The number of pyridine rings is 1. The first-order valence-electron chi connectivity index (χ1n) is 11.3. The van der Waals surface area contributed by atoms with Gasteiger partial charge in [-0.1, -0.05) is 0 Å². The second-order valence-electron chi connectivity index (χ2n) is 7.90. The fourth-order valence-corrected chi connectivity index (χ4v) is 3.54. The lowest BCUT2D eigenvalue weighted by atomic mass is 10.0. The molecule has 2 aromatic carbocycles. The number of carboxylic acid groups (broad SMARTS) is 1. The standard InChI is InChI=1S/C23H22BrFN6O4.C2HF3O2/c1-34-18-9-15(17(25)10-19(18)35-2)20(29-13-5-3-12(4-6-13)21(26)27)23(33)31-30-22(32)14-7-8-28-11-16(14)24;3-2(4,5)1(6)7/h3-11,20,29H,1-2H3,(H3,26,27)(H,30,32)(H,31,33);(H,6,7). The average Bonchev–Trinajstić information content (AvgIpc) is 2.94. The van der Waals surface area contributed by atoms with Crippen molar-refractivity contribution in [2.45, 2.75) is 12.2 Å². The summed E-state index contributed by atoms with van der Waals surface area (Å²) < 4.78 is 57.6. The number of carboxylic acids is 1. The van der Waals surface area contributed by atoms with E-state index in [1.165, 1.54) is 38.7 Å². The Morgan fingerprint density at radius 1 is 1.05 bits per heavy atom. The van der Waals surface area contributed by atoms with E-state index in [0.29, 0.717) is 15.7 Å². The zero-order valence-corrected chi connectivity index (χ0v) is 23.3. The summed E-state index contributed by atoms with van der Waals surface area (Å²) in [5.41, 5.74) is 11.2. The number of nitrogen functional groups attached to an aromatic ring is 1. The molecule has 17 heteroatoms. The minimum absolute atomic E-state index is 0.0601. The number of hydrazine groups is 1. The quantitative estimate of drug-likeness (QED) is 0.0910. The Hall–Kier alpha value is -4.93. The molecule has 0 spiro atoms. The molecule has 1 atom stereocenters. The van der Waals surface area contributed by atoms with E-state index in [4.69, 9.17) is 30.5 Å². The molecule has 0 saturated carbocycles. The van der Waals surface area contributed by atoms with Crippen LogP contribution in [-0.4, -0.2) is 54.1 Å². The molecule has 224 valence electrons. The Kier molecular flexibility index (Phi) is 11.6. The van der Waals surface area contributed by atoms with E-state index in [1.807, 2.05) is 0 Å². The number of aliphatic carboxylic acids is 1. The van der Waals surface area contributed by atoms with Gasteiger partial charge in [-0.15, -0.1) is 0 Å². The first-order valence-corrected chi connectivity index (χ1v) is 12.1. The van der Waals surface area contributed by atoms with E-state index in [-0.39, 0.29) is 28.5 Å². The largest absolute Gasteiger partial charge is 0.493 e. The number of alkyl halides is 3. The maximum atomic E-state index is 15.1. The number of halogens is 5. The normalized spacial score (nSPS) is 11.2. The summed E-state index contributed by atoms with van der Waals surface area (Å²) >= 11 is 3.22. The van der Waals surface area contributed by atoms with Gasteiger partial charge in [-0.05, 0) is 52.3 Å². The third-order valence-electron chi connectivity index (χ3n) is 5.14. The van der Waals surface area contributed by atoms with Gasteiger partial charge in [0.2, 0.25) is 0 Å². The van der Waals surface area contributed by atoms with Crippen molar-refractivity contribution in [1.82, 2.24) is 15.8 Å². The number of benzene rings is 2. The number of hydrogen-bond donors (Lipinski definition) is 6. The number of rotatable bonds is 8. The molecular weight excluding hydrogens is 636 g/mol. The van der Waals surface area contributed by atoms with Gasteiger partial charge in [-0.25, -0.2) is 9.18 Å². The van der Waals surface area contributed by atoms with Gasteiger partial charge in [0.15, 0.2) is 11.5 Å². The van der Waals surface area contributed by atoms with Gasteiger partial charge < -0.3 is 25.6 Å². The average molecular weight is 659 g/mol. The number of amides is 2. The van der Waals surface area contributed by atoms with Crippen LogP contribution in [-0.2, 0) is 9.59 Å². The summed E-state index contributed by atoms with van der Waals surface area (Å²) in [5, 5.41) is 17.6. The Balaban J connectivity index is 0.000000782. The minimum Gasteiger partial charge on any atom is -0.493 e. The fourth-order valence-electron chi connectivity index (χ4n) is 3.11. The number of ether oxygens (including phenoxy) is 2. The SMILES string of the molecule is COc1cc(F)c(C(Nc2ccc(C(=N)N)cc2)C(=O)NNC(=O)c2ccncc2Br)cc1OC.O=C(O)C(F)(F)F. The predicted molar refractivity (Wildman–Crippen MR) is 145 cm³/mol. The molecule has 1 heterocycles. The number of nitrogens with zero attached hydrogens (tertiary/aromatic N) is 1. The van der Waals surface area contributed by atoms with Crippen LogP contribution in [0.2, 0.25) is 0 Å². The number of nitrogens with two attached hydrogens (primary N) is 1. The molecule has 3 rings (SSSR count). The molecular formula is C25H23BrF4N6O6. The highest BCUT2D eigenvalue weighted by Gasteiger charge is 2.38. The Labute approximate surface area is 243 Å². The highest BCUT2D eigenvalue weighted by molar-refractivity contribution is 9.10. The van der Waals surface area contributed by atoms with Crippen molar-refractivity contribution < 1.29 is 46.5 Å². The summed E-state index contributed by atoms with van der Waals surface area (Å²) in [7, 11) is 2.75. The molecule has 42 heavy (non-hydrogen) atoms. The molecule has 2 amide bonds. The monoisotopic (exact) mass is 658 g/mol. The summed E-state index contributed by atoms with van der Waals surface area (Å²) in [6.45, 7) is 0. The number of hydrogen-bond acceptors (Lipinski definition) is 8. The van der Waals surface area contributed by atoms with E-state index in [2.05, 4.69) is 37.1 Å². The molecule has 0 aliphatic heterocycles. The lowest BCUT2D eigenvalue weighted by Gasteiger charge is -2.22. The van der Waals surface area contributed by atoms with Crippen molar-refractivity contribution in [1.29, 1.82) is 5.41 Å². The van der Waals surface area contributed by atoms with E-state index in [1.54, 1.807) is 24.3 Å². The van der Waals surface area contributed by atoms with Crippen LogP contribution in [0.3, 0.4) is 0 Å². The number of amidine groups is 1. The molecule has 12 nitrogen and oxygen atoms in total. The molecule has 0 bridgehead atoms. The second-order valence-corrected chi connectivity index (χ2v) is 8.75. The first kappa shape index (κ1) is 33.3. The van der Waals surface area contributed by atoms with Gasteiger partial charge in [-0.2, -0.15) is 13.2 Å². The molecule has 0 saturated heterocycles. The van der Waals surface area contributed by atoms with Crippen molar-refractivity contribution in [3.63, 3.8) is 0 Å². The number of carbonyl (C=O) groups excluding carboxylic acids is 2. The van der Waals surface area contributed by atoms with Gasteiger partial charge in [0.1, 0.15) is 17.7 Å². The number of anilines is 1. The van der Waals surface area contributed by atoms with Crippen LogP contribution in [0, 0.1) is 11.2 Å².